The van der Waals surface area contributed by atoms with E-state index < -0.39 is 18.5 Å². The molecule has 8 heteroatoms. The average molecular weight is 332 g/mol. The van der Waals surface area contributed by atoms with Gasteiger partial charge in [-0.15, -0.1) is 0 Å². The molecule has 2 aromatic rings. The quantitative estimate of drug-likeness (QED) is 0.520. The highest BCUT2D eigenvalue weighted by atomic mass is 35.5. The van der Waals surface area contributed by atoms with E-state index in [4.69, 9.17) is 21.6 Å². The topological polar surface area (TPSA) is 106 Å². The van der Waals surface area contributed by atoms with Crippen LogP contribution in [-0.2, 0) is 9.53 Å². The van der Waals surface area contributed by atoms with Crippen LogP contribution in [0.4, 0.5) is 5.69 Å². The van der Waals surface area contributed by atoms with Crippen molar-refractivity contribution in [3.8, 4) is 6.07 Å². The van der Waals surface area contributed by atoms with Crippen LogP contribution in [0.15, 0.2) is 42.7 Å². The smallest absolute Gasteiger partial charge is 0.339 e. The van der Waals surface area contributed by atoms with Gasteiger partial charge in [-0.25, -0.2) is 4.79 Å². The van der Waals surface area contributed by atoms with Crippen LogP contribution in [-0.4, -0.2) is 18.5 Å². The van der Waals surface area contributed by atoms with E-state index in [2.05, 4.69) is 5.32 Å². The average Bonchev–Trinajstić information content (AvgIpc) is 2.53. The van der Waals surface area contributed by atoms with E-state index in [0.29, 0.717) is 9.75 Å². The summed E-state index contributed by atoms with van der Waals surface area (Å²) >= 11 is 5.80. The highest BCUT2D eigenvalue weighted by Gasteiger charge is 2.12. The number of nitriles is 1. The Labute approximate surface area is 136 Å². The predicted octanol–water partition coefficient (Wildman–Crippen LogP) is 1.64. The molecule has 7 nitrogen and oxygen atoms in total. The fourth-order valence-electron chi connectivity index (χ4n) is 1.67. The summed E-state index contributed by atoms with van der Waals surface area (Å²) in [6.45, 7) is -0.539. The maximum atomic E-state index is 11.8. The largest absolute Gasteiger partial charge is 0.619 e. The molecule has 0 atom stereocenters. The number of benzene rings is 1. The molecule has 116 valence electrons. The second kappa shape index (κ2) is 7.24. The Balaban J connectivity index is 1.95. The number of hydrogen-bond donors (Lipinski definition) is 1. The first-order chi connectivity index (χ1) is 11.0. The zero-order chi connectivity index (χ0) is 16.8. The number of anilines is 1. The number of aromatic nitrogens is 1. The number of carbonyl (C=O) groups is 2. The summed E-state index contributed by atoms with van der Waals surface area (Å²) in [5.74, 6) is -1.36. The Morgan fingerprint density at radius 2 is 2.00 bits per heavy atom. The Hall–Kier alpha value is -3.11. The van der Waals surface area contributed by atoms with E-state index in [1.807, 2.05) is 6.07 Å². The molecule has 0 fully saturated rings. The number of nitrogens with one attached hydrogen (secondary N) is 1. The van der Waals surface area contributed by atoms with E-state index in [9.17, 15) is 14.8 Å². The zero-order valence-corrected chi connectivity index (χ0v) is 12.4. The first kappa shape index (κ1) is 16.3. The van der Waals surface area contributed by atoms with E-state index in [1.54, 1.807) is 0 Å². The van der Waals surface area contributed by atoms with Gasteiger partial charge in [-0.05, 0) is 18.2 Å². The minimum atomic E-state index is -0.743. The number of nitrogens with zero attached hydrogens (tertiary/aromatic N) is 2. The molecule has 0 unspecified atom stereocenters. The molecule has 1 amide bonds. The van der Waals surface area contributed by atoms with Crippen molar-refractivity contribution in [1.29, 1.82) is 5.26 Å². The van der Waals surface area contributed by atoms with Crippen LogP contribution < -0.4 is 10.0 Å². The number of rotatable bonds is 4. The Morgan fingerprint density at radius 3 is 2.65 bits per heavy atom. The number of halogens is 1. The summed E-state index contributed by atoms with van der Waals surface area (Å²) in [6, 6.07) is 8.87. The van der Waals surface area contributed by atoms with Crippen molar-refractivity contribution in [2.24, 2.45) is 0 Å². The van der Waals surface area contributed by atoms with Gasteiger partial charge in [0.1, 0.15) is 6.07 Å². The van der Waals surface area contributed by atoms with Gasteiger partial charge in [-0.1, -0.05) is 11.6 Å². The molecule has 1 aromatic carbocycles. The summed E-state index contributed by atoms with van der Waals surface area (Å²) in [6.07, 6.45) is 2.28. The molecular weight excluding hydrogens is 322 g/mol. The van der Waals surface area contributed by atoms with Crippen LogP contribution in [0.3, 0.4) is 0 Å². The lowest BCUT2D eigenvalue weighted by atomic mass is 10.2. The zero-order valence-electron chi connectivity index (χ0n) is 11.7. The van der Waals surface area contributed by atoms with Gasteiger partial charge >= 0.3 is 5.97 Å². The number of esters is 1. The lowest BCUT2D eigenvalue weighted by Gasteiger charge is -2.08. The number of amides is 1. The number of ether oxygens (including phenoxy) is 1. The fraction of sp³-hybridized carbons (Fsp3) is 0.0667. The van der Waals surface area contributed by atoms with Gasteiger partial charge in [-0.2, -0.15) is 9.99 Å². The molecule has 0 aliphatic rings. The maximum absolute atomic E-state index is 11.8. The number of hydrogen-bond acceptors (Lipinski definition) is 5. The monoisotopic (exact) mass is 331 g/mol. The third kappa shape index (κ3) is 4.43. The molecule has 0 spiro atoms. The number of carbonyl (C=O) groups excluding carboxylic acids is 2. The lowest BCUT2D eigenvalue weighted by molar-refractivity contribution is -0.605. The molecule has 2 rings (SSSR count). The van der Waals surface area contributed by atoms with Crippen molar-refractivity contribution < 1.29 is 19.1 Å². The van der Waals surface area contributed by atoms with E-state index >= 15 is 0 Å². The Bertz CT molecular complexity index is 784. The minimum Gasteiger partial charge on any atom is -0.619 e. The summed E-state index contributed by atoms with van der Waals surface area (Å²) in [4.78, 5) is 23.5. The van der Waals surface area contributed by atoms with Gasteiger partial charge in [0.2, 0.25) is 0 Å². The second-order valence-corrected chi connectivity index (χ2v) is 4.81. The van der Waals surface area contributed by atoms with Crippen LogP contribution in [0.5, 0.6) is 0 Å². The molecule has 0 radical (unpaired) electrons. The van der Waals surface area contributed by atoms with Crippen LogP contribution in [0, 0.1) is 16.5 Å². The molecule has 0 aliphatic carbocycles. The summed E-state index contributed by atoms with van der Waals surface area (Å²) in [5, 5.41) is 22.6. The van der Waals surface area contributed by atoms with E-state index in [1.165, 1.54) is 30.3 Å². The summed E-state index contributed by atoms with van der Waals surface area (Å²) in [7, 11) is 0. The van der Waals surface area contributed by atoms with Gasteiger partial charge in [0, 0.05) is 17.2 Å². The van der Waals surface area contributed by atoms with Gasteiger partial charge in [0.25, 0.3) is 5.91 Å². The van der Waals surface area contributed by atoms with Crippen molar-refractivity contribution in [1.82, 2.24) is 0 Å². The Morgan fingerprint density at radius 1 is 1.30 bits per heavy atom. The number of pyridine rings is 1. The van der Waals surface area contributed by atoms with Crippen LogP contribution in [0.25, 0.3) is 0 Å². The van der Waals surface area contributed by atoms with Gasteiger partial charge in [0.15, 0.2) is 19.0 Å². The second-order valence-electron chi connectivity index (χ2n) is 4.37. The summed E-state index contributed by atoms with van der Waals surface area (Å²) in [5.41, 5.74) is 0.607. The van der Waals surface area contributed by atoms with Crippen molar-refractivity contribution in [3.63, 3.8) is 0 Å². The van der Waals surface area contributed by atoms with Gasteiger partial charge in [-0.3, -0.25) is 4.79 Å². The molecule has 0 saturated carbocycles. The van der Waals surface area contributed by atoms with Crippen molar-refractivity contribution in [2.45, 2.75) is 0 Å². The van der Waals surface area contributed by atoms with Crippen molar-refractivity contribution >= 4 is 29.2 Å². The lowest BCUT2D eigenvalue weighted by Crippen LogP contribution is -2.25. The van der Waals surface area contributed by atoms with Crippen LogP contribution >= 0.6 is 11.6 Å². The standard InChI is InChI=1S/C15H10ClN3O4/c16-12-2-1-11(8-17)13(7-12)18-14(20)9-23-15(21)10-3-5-19(22)6-4-10/h1-7H,9H2,(H,18,20). The predicted molar refractivity (Wildman–Crippen MR) is 80.5 cm³/mol. The van der Waals surface area contributed by atoms with Gasteiger partial charge in [0.05, 0.1) is 16.8 Å². The third-order valence-corrected chi connectivity index (χ3v) is 2.98. The molecule has 0 bridgehead atoms. The first-order valence-electron chi connectivity index (χ1n) is 6.35. The summed E-state index contributed by atoms with van der Waals surface area (Å²) < 4.78 is 5.35. The molecule has 23 heavy (non-hydrogen) atoms. The van der Waals surface area contributed by atoms with Crippen molar-refractivity contribution in [3.05, 3.63) is 64.1 Å². The van der Waals surface area contributed by atoms with Crippen molar-refractivity contribution in [2.75, 3.05) is 11.9 Å². The normalized spacial score (nSPS) is 9.74. The van der Waals surface area contributed by atoms with Crippen LogP contribution in [0.2, 0.25) is 5.02 Å². The molecule has 0 aliphatic heterocycles. The minimum absolute atomic E-state index is 0.144. The molecule has 1 aromatic heterocycles. The molecule has 0 saturated heterocycles. The Kier molecular flexibility index (Phi) is 5.12. The van der Waals surface area contributed by atoms with E-state index in [-0.39, 0.29) is 16.8 Å². The molecule has 1 heterocycles. The highest BCUT2D eigenvalue weighted by molar-refractivity contribution is 6.31. The molecular formula is C15H10ClN3O4. The maximum Gasteiger partial charge on any atom is 0.339 e. The van der Waals surface area contributed by atoms with Crippen LogP contribution in [0.1, 0.15) is 15.9 Å². The highest BCUT2D eigenvalue weighted by Crippen LogP contribution is 2.20. The first-order valence-corrected chi connectivity index (χ1v) is 6.73. The molecule has 1 N–H and O–H groups in total. The van der Waals surface area contributed by atoms with Gasteiger partial charge < -0.3 is 15.3 Å². The fourth-order valence-corrected chi connectivity index (χ4v) is 1.84. The SMILES string of the molecule is N#Cc1ccc(Cl)cc1NC(=O)COC(=O)c1cc[n+]([O-])cc1. The third-order valence-electron chi connectivity index (χ3n) is 2.75. The van der Waals surface area contributed by atoms with E-state index in [0.717, 1.165) is 12.4 Å².